The van der Waals surface area contributed by atoms with E-state index in [0.717, 1.165) is 0 Å². The van der Waals surface area contributed by atoms with Gasteiger partial charge in [-0.25, -0.2) is 0 Å². The molecule has 70 valence electrons. The third-order valence-electron chi connectivity index (χ3n) is 2.41. The first kappa shape index (κ1) is 9.72. The van der Waals surface area contributed by atoms with Crippen molar-refractivity contribution in [3.05, 3.63) is 0 Å². The normalized spacial score (nSPS) is 31.7. The third-order valence-corrected chi connectivity index (χ3v) is 2.41. The summed E-state index contributed by atoms with van der Waals surface area (Å²) in [7, 11) is 0. The Morgan fingerprint density at radius 3 is 2.33 bits per heavy atom. The van der Waals surface area contributed by atoms with Gasteiger partial charge in [0, 0.05) is 18.3 Å². The first-order valence-electron chi connectivity index (χ1n) is 4.97. The lowest BCUT2D eigenvalue weighted by Crippen LogP contribution is -2.27. The molecule has 12 heavy (non-hydrogen) atoms. The zero-order valence-corrected chi connectivity index (χ0v) is 8.16. The molecule has 0 atom stereocenters. The Kier molecular flexibility index (Phi) is 3.73. The molecule has 0 radical (unpaired) electrons. The zero-order chi connectivity index (χ0) is 8.97. The van der Waals surface area contributed by atoms with E-state index in [1.807, 2.05) is 0 Å². The second-order valence-corrected chi connectivity index (χ2v) is 4.07. The van der Waals surface area contributed by atoms with Crippen LogP contribution in [-0.2, 0) is 0 Å². The molecule has 1 rings (SSSR count). The fourth-order valence-corrected chi connectivity index (χ4v) is 1.59. The van der Waals surface area contributed by atoms with Crippen LogP contribution in [0.2, 0.25) is 0 Å². The van der Waals surface area contributed by atoms with Gasteiger partial charge in [0.15, 0.2) is 0 Å². The van der Waals surface area contributed by atoms with E-state index in [4.69, 9.17) is 5.73 Å². The van der Waals surface area contributed by atoms with Crippen molar-refractivity contribution in [2.24, 2.45) is 16.6 Å². The van der Waals surface area contributed by atoms with E-state index in [1.54, 1.807) is 0 Å². The Labute approximate surface area is 75.3 Å². The number of rotatable bonds is 2. The quantitative estimate of drug-likeness (QED) is 0.629. The Hall–Kier alpha value is -0.370. The van der Waals surface area contributed by atoms with Gasteiger partial charge in [0.25, 0.3) is 0 Å². The second-order valence-electron chi connectivity index (χ2n) is 4.07. The minimum Gasteiger partial charge on any atom is -0.328 e. The van der Waals surface area contributed by atoms with Crippen LogP contribution >= 0.6 is 0 Å². The fourth-order valence-electron chi connectivity index (χ4n) is 1.59. The van der Waals surface area contributed by atoms with Gasteiger partial charge in [-0.3, -0.25) is 4.99 Å². The molecule has 0 aromatic rings. The molecule has 1 fully saturated rings. The molecule has 0 amide bonds. The molecule has 1 aliphatic carbocycles. The van der Waals surface area contributed by atoms with Gasteiger partial charge in [-0.05, 0) is 45.4 Å². The van der Waals surface area contributed by atoms with Crippen molar-refractivity contribution in [3.63, 3.8) is 0 Å². The molecule has 0 saturated heterocycles. The van der Waals surface area contributed by atoms with E-state index >= 15 is 0 Å². The lowest BCUT2D eigenvalue weighted by Gasteiger charge is -2.23. The molecule has 2 nitrogen and oxygen atoms in total. The molecule has 1 saturated carbocycles. The summed E-state index contributed by atoms with van der Waals surface area (Å²) in [5.41, 5.74) is 5.81. The van der Waals surface area contributed by atoms with Crippen molar-refractivity contribution in [3.8, 4) is 0 Å². The van der Waals surface area contributed by atoms with E-state index in [1.165, 1.54) is 25.7 Å². The van der Waals surface area contributed by atoms with Crippen molar-refractivity contribution in [2.45, 2.75) is 51.6 Å². The van der Waals surface area contributed by atoms with Crippen LogP contribution in [-0.4, -0.2) is 18.3 Å². The van der Waals surface area contributed by atoms with Crippen LogP contribution < -0.4 is 5.73 Å². The molecular formula is C10H20N2. The first-order chi connectivity index (χ1) is 5.68. The van der Waals surface area contributed by atoms with Gasteiger partial charge in [-0.15, -0.1) is 0 Å². The minimum absolute atomic E-state index is 0.445. The highest BCUT2D eigenvalue weighted by Gasteiger charge is 2.16. The molecule has 2 N–H and O–H groups in total. The SMILES string of the molecule is CC(C)N=CC1CCC(N)CC1. The summed E-state index contributed by atoms with van der Waals surface area (Å²) < 4.78 is 0. The summed E-state index contributed by atoms with van der Waals surface area (Å²) >= 11 is 0. The maximum atomic E-state index is 5.81. The van der Waals surface area contributed by atoms with Gasteiger partial charge >= 0.3 is 0 Å². The molecule has 0 aliphatic heterocycles. The predicted molar refractivity (Wildman–Crippen MR) is 53.6 cm³/mol. The van der Waals surface area contributed by atoms with E-state index in [2.05, 4.69) is 25.1 Å². The second kappa shape index (κ2) is 4.61. The number of nitrogens with zero attached hydrogens (tertiary/aromatic N) is 1. The number of nitrogens with two attached hydrogens (primary N) is 1. The highest BCUT2D eigenvalue weighted by molar-refractivity contribution is 5.61. The summed E-state index contributed by atoms with van der Waals surface area (Å²) in [6.07, 6.45) is 6.95. The monoisotopic (exact) mass is 168 g/mol. The standard InChI is InChI=1S/C10H20N2/c1-8(2)12-7-9-3-5-10(11)6-4-9/h7-10H,3-6,11H2,1-2H3. The van der Waals surface area contributed by atoms with Gasteiger partial charge in [0.1, 0.15) is 0 Å². The molecule has 2 heteroatoms. The lowest BCUT2D eigenvalue weighted by molar-refractivity contribution is 0.395. The number of hydrogen-bond acceptors (Lipinski definition) is 2. The molecule has 0 bridgehead atoms. The van der Waals surface area contributed by atoms with Crippen molar-refractivity contribution in [1.29, 1.82) is 0 Å². The maximum Gasteiger partial charge on any atom is 0.0439 e. The summed E-state index contributed by atoms with van der Waals surface area (Å²) in [4.78, 5) is 4.41. The molecule has 0 aromatic heterocycles. The predicted octanol–water partition coefficient (Wildman–Crippen LogP) is 1.98. The topological polar surface area (TPSA) is 38.4 Å². The number of hydrogen-bond donors (Lipinski definition) is 1. The van der Waals surface area contributed by atoms with Crippen LogP contribution in [0.1, 0.15) is 39.5 Å². The molecule has 0 heterocycles. The molecule has 0 unspecified atom stereocenters. The van der Waals surface area contributed by atoms with Crippen LogP contribution in [0.25, 0.3) is 0 Å². The third kappa shape index (κ3) is 3.35. The van der Waals surface area contributed by atoms with E-state index in [0.29, 0.717) is 18.0 Å². The van der Waals surface area contributed by atoms with E-state index < -0.39 is 0 Å². The minimum atomic E-state index is 0.445. The number of aliphatic imine (C=N–C) groups is 1. The average molecular weight is 168 g/mol. The van der Waals surface area contributed by atoms with Crippen LogP contribution in [0.15, 0.2) is 4.99 Å². The van der Waals surface area contributed by atoms with Crippen LogP contribution in [0.5, 0.6) is 0 Å². The first-order valence-corrected chi connectivity index (χ1v) is 4.97. The average Bonchev–Trinajstić information content (AvgIpc) is 2.03. The van der Waals surface area contributed by atoms with Crippen LogP contribution in [0, 0.1) is 5.92 Å². The fraction of sp³-hybridized carbons (Fsp3) is 0.900. The van der Waals surface area contributed by atoms with Crippen LogP contribution in [0.3, 0.4) is 0 Å². The van der Waals surface area contributed by atoms with Crippen molar-refractivity contribution in [1.82, 2.24) is 0 Å². The smallest absolute Gasteiger partial charge is 0.0439 e. The Balaban J connectivity index is 2.26. The van der Waals surface area contributed by atoms with Gasteiger partial charge < -0.3 is 5.73 Å². The highest BCUT2D eigenvalue weighted by Crippen LogP contribution is 2.21. The van der Waals surface area contributed by atoms with Crippen molar-refractivity contribution < 1.29 is 0 Å². The molecule has 0 aromatic carbocycles. The Morgan fingerprint density at radius 2 is 1.83 bits per heavy atom. The Bertz CT molecular complexity index is 144. The summed E-state index contributed by atoms with van der Waals surface area (Å²) in [5, 5.41) is 0. The van der Waals surface area contributed by atoms with Gasteiger partial charge in [-0.1, -0.05) is 0 Å². The largest absolute Gasteiger partial charge is 0.328 e. The molecular weight excluding hydrogens is 148 g/mol. The molecule has 1 aliphatic rings. The lowest BCUT2D eigenvalue weighted by atomic mass is 9.87. The summed E-state index contributed by atoms with van der Waals surface area (Å²) in [5.74, 6) is 0.701. The zero-order valence-electron chi connectivity index (χ0n) is 8.16. The Morgan fingerprint density at radius 1 is 1.25 bits per heavy atom. The van der Waals surface area contributed by atoms with Crippen LogP contribution in [0.4, 0.5) is 0 Å². The van der Waals surface area contributed by atoms with Gasteiger partial charge in [-0.2, -0.15) is 0 Å². The van der Waals surface area contributed by atoms with Gasteiger partial charge in [0.2, 0.25) is 0 Å². The molecule has 0 spiro atoms. The van der Waals surface area contributed by atoms with Crippen molar-refractivity contribution >= 4 is 6.21 Å². The summed E-state index contributed by atoms with van der Waals surface area (Å²) in [6, 6.07) is 0.897. The maximum absolute atomic E-state index is 5.81. The van der Waals surface area contributed by atoms with E-state index in [-0.39, 0.29) is 0 Å². The van der Waals surface area contributed by atoms with Gasteiger partial charge in [0.05, 0.1) is 0 Å². The van der Waals surface area contributed by atoms with Crippen molar-refractivity contribution in [2.75, 3.05) is 0 Å². The highest BCUT2D eigenvalue weighted by atomic mass is 14.7. The van der Waals surface area contributed by atoms with E-state index in [9.17, 15) is 0 Å². The summed E-state index contributed by atoms with van der Waals surface area (Å²) in [6.45, 7) is 4.23.